The summed E-state index contributed by atoms with van der Waals surface area (Å²) in [5, 5.41) is 6.67. The highest BCUT2D eigenvalue weighted by atomic mass is 127. The molecule has 5 nitrogen and oxygen atoms in total. The van der Waals surface area contributed by atoms with E-state index in [1.807, 2.05) is 18.2 Å². The number of hydrogen-bond acceptors (Lipinski definition) is 3. The largest absolute Gasteiger partial charge is 0.493 e. The van der Waals surface area contributed by atoms with Crippen molar-refractivity contribution < 1.29 is 9.47 Å². The monoisotopic (exact) mass is 447 g/mol. The second-order valence-electron chi connectivity index (χ2n) is 6.25. The Balaban J connectivity index is 0.00000288. The average molecular weight is 447 g/mol. The van der Waals surface area contributed by atoms with Gasteiger partial charge in [0, 0.05) is 32.3 Å². The number of nitrogens with one attached hydrogen (secondary N) is 2. The number of rotatable bonds is 7. The van der Waals surface area contributed by atoms with E-state index in [9.17, 15) is 0 Å². The lowest BCUT2D eigenvalue weighted by Crippen LogP contribution is -2.40. The fraction of sp³-hybridized carbons (Fsp3) is 0.611. The standard InChI is InChI=1S/C18H29N3O2.HI/c1-14(2)13-23-17-9-5-4-7-15(17)11-20-18(19-3)21-12-16-8-6-10-22-16;/h4-5,7,9,14,16H,6,8,10-13H2,1-3H3,(H2,19,20,21);1H. The Morgan fingerprint density at radius 3 is 2.79 bits per heavy atom. The molecule has 0 aliphatic carbocycles. The normalized spacial score (nSPS) is 17.5. The highest BCUT2D eigenvalue weighted by molar-refractivity contribution is 14.0. The van der Waals surface area contributed by atoms with Gasteiger partial charge in [-0.3, -0.25) is 4.99 Å². The Kier molecular flexibility index (Phi) is 10.1. The van der Waals surface area contributed by atoms with Gasteiger partial charge < -0.3 is 20.1 Å². The molecule has 1 saturated heterocycles. The van der Waals surface area contributed by atoms with Crippen molar-refractivity contribution in [1.29, 1.82) is 0 Å². The van der Waals surface area contributed by atoms with Crippen molar-refractivity contribution in [1.82, 2.24) is 10.6 Å². The van der Waals surface area contributed by atoms with Gasteiger partial charge in [-0.15, -0.1) is 24.0 Å². The molecule has 1 aromatic rings. The number of guanidine groups is 1. The van der Waals surface area contributed by atoms with Crippen LogP contribution >= 0.6 is 24.0 Å². The Morgan fingerprint density at radius 2 is 2.12 bits per heavy atom. The molecule has 1 atom stereocenters. The van der Waals surface area contributed by atoms with E-state index in [4.69, 9.17) is 9.47 Å². The third-order valence-corrected chi connectivity index (χ3v) is 3.74. The number of benzene rings is 1. The fourth-order valence-corrected chi connectivity index (χ4v) is 2.46. The summed E-state index contributed by atoms with van der Waals surface area (Å²) in [5.74, 6) is 2.24. The van der Waals surface area contributed by atoms with Crippen LogP contribution in [0.2, 0.25) is 0 Å². The third kappa shape index (κ3) is 7.25. The van der Waals surface area contributed by atoms with E-state index in [1.54, 1.807) is 7.05 Å². The summed E-state index contributed by atoms with van der Waals surface area (Å²) in [5.41, 5.74) is 1.13. The zero-order chi connectivity index (χ0) is 16.5. The van der Waals surface area contributed by atoms with Crippen molar-refractivity contribution in [2.75, 3.05) is 26.8 Å². The van der Waals surface area contributed by atoms with Crippen LogP contribution in [0.15, 0.2) is 29.3 Å². The molecular formula is C18H30IN3O2. The number of para-hydroxylation sites is 1. The van der Waals surface area contributed by atoms with Crippen LogP contribution in [0, 0.1) is 5.92 Å². The van der Waals surface area contributed by atoms with E-state index in [1.165, 1.54) is 0 Å². The molecule has 1 heterocycles. The van der Waals surface area contributed by atoms with Crippen LogP contribution in [0.1, 0.15) is 32.3 Å². The molecule has 1 aliphatic heterocycles. The molecule has 1 fully saturated rings. The van der Waals surface area contributed by atoms with Crippen LogP contribution in [0.4, 0.5) is 0 Å². The minimum Gasteiger partial charge on any atom is -0.493 e. The molecule has 0 aromatic heterocycles. The maximum Gasteiger partial charge on any atom is 0.191 e. The van der Waals surface area contributed by atoms with Crippen molar-refractivity contribution in [3.8, 4) is 5.75 Å². The first-order valence-corrected chi connectivity index (χ1v) is 8.46. The fourth-order valence-electron chi connectivity index (χ4n) is 2.46. The summed E-state index contributed by atoms with van der Waals surface area (Å²) in [6.07, 6.45) is 2.57. The third-order valence-electron chi connectivity index (χ3n) is 3.74. The van der Waals surface area contributed by atoms with Gasteiger partial charge in [-0.25, -0.2) is 0 Å². The van der Waals surface area contributed by atoms with Crippen LogP contribution < -0.4 is 15.4 Å². The molecule has 0 bridgehead atoms. The van der Waals surface area contributed by atoms with Crippen LogP contribution in [0.3, 0.4) is 0 Å². The van der Waals surface area contributed by atoms with Gasteiger partial charge in [-0.05, 0) is 24.8 Å². The lowest BCUT2D eigenvalue weighted by Gasteiger charge is -2.17. The predicted molar refractivity (Wildman–Crippen MR) is 109 cm³/mol. The van der Waals surface area contributed by atoms with Crippen molar-refractivity contribution in [2.45, 2.75) is 39.3 Å². The van der Waals surface area contributed by atoms with E-state index in [0.717, 1.165) is 49.9 Å². The summed E-state index contributed by atoms with van der Waals surface area (Å²) in [6.45, 7) is 7.38. The second-order valence-corrected chi connectivity index (χ2v) is 6.25. The Labute approximate surface area is 162 Å². The topological polar surface area (TPSA) is 54.9 Å². The zero-order valence-corrected chi connectivity index (χ0v) is 17.2. The highest BCUT2D eigenvalue weighted by Gasteiger charge is 2.15. The van der Waals surface area contributed by atoms with E-state index in [0.29, 0.717) is 18.6 Å². The minimum atomic E-state index is 0. The van der Waals surface area contributed by atoms with E-state index in [2.05, 4.69) is 35.5 Å². The molecule has 2 N–H and O–H groups in total. The molecule has 1 aromatic carbocycles. The van der Waals surface area contributed by atoms with Crippen LogP contribution in [-0.4, -0.2) is 38.9 Å². The molecular weight excluding hydrogens is 417 g/mol. The van der Waals surface area contributed by atoms with Gasteiger partial charge in [0.15, 0.2) is 5.96 Å². The quantitative estimate of drug-likeness (QED) is 0.383. The lowest BCUT2D eigenvalue weighted by molar-refractivity contribution is 0.114. The van der Waals surface area contributed by atoms with Gasteiger partial charge in [0.2, 0.25) is 0 Å². The van der Waals surface area contributed by atoms with Crippen molar-refractivity contribution in [3.05, 3.63) is 29.8 Å². The number of hydrogen-bond donors (Lipinski definition) is 2. The van der Waals surface area contributed by atoms with E-state index in [-0.39, 0.29) is 24.0 Å². The van der Waals surface area contributed by atoms with E-state index >= 15 is 0 Å². The molecule has 1 aliphatic rings. The maximum absolute atomic E-state index is 5.89. The molecule has 0 radical (unpaired) electrons. The lowest BCUT2D eigenvalue weighted by atomic mass is 10.2. The van der Waals surface area contributed by atoms with Crippen LogP contribution in [0.5, 0.6) is 5.75 Å². The first-order valence-electron chi connectivity index (χ1n) is 8.46. The Hall–Kier alpha value is -1.02. The predicted octanol–water partition coefficient (Wildman–Crippen LogP) is 3.18. The zero-order valence-electron chi connectivity index (χ0n) is 14.9. The molecule has 24 heavy (non-hydrogen) atoms. The number of nitrogens with zero attached hydrogens (tertiary/aromatic N) is 1. The molecule has 136 valence electrons. The molecule has 0 amide bonds. The molecule has 0 spiro atoms. The van der Waals surface area contributed by atoms with Gasteiger partial charge in [0.25, 0.3) is 0 Å². The Morgan fingerprint density at radius 1 is 1.33 bits per heavy atom. The van der Waals surface area contributed by atoms with Gasteiger partial charge in [-0.1, -0.05) is 32.0 Å². The van der Waals surface area contributed by atoms with Gasteiger partial charge >= 0.3 is 0 Å². The number of aliphatic imine (C=N–C) groups is 1. The maximum atomic E-state index is 5.89. The SMILES string of the molecule is CN=C(NCc1ccccc1OCC(C)C)NCC1CCCO1.I. The van der Waals surface area contributed by atoms with Gasteiger partial charge in [0.05, 0.1) is 12.7 Å². The number of ether oxygens (including phenoxy) is 2. The molecule has 2 rings (SSSR count). The van der Waals surface area contributed by atoms with Gasteiger partial charge in [0.1, 0.15) is 5.75 Å². The van der Waals surface area contributed by atoms with Crippen molar-refractivity contribution in [3.63, 3.8) is 0 Å². The first-order chi connectivity index (χ1) is 11.2. The first kappa shape index (κ1) is 21.0. The molecule has 6 heteroatoms. The molecule has 1 unspecified atom stereocenters. The summed E-state index contributed by atoms with van der Waals surface area (Å²) in [7, 11) is 1.78. The highest BCUT2D eigenvalue weighted by Crippen LogP contribution is 2.18. The van der Waals surface area contributed by atoms with E-state index < -0.39 is 0 Å². The smallest absolute Gasteiger partial charge is 0.191 e. The Bertz CT molecular complexity index is 503. The summed E-state index contributed by atoms with van der Waals surface area (Å²) in [4.78, 5) is 4.27. The summed E-state index contributed by atoms with van der Waals surface area (Å²) in [6, 6.07) is 8.13. The van der Waals surface area contributed by atoms with Gasteiger partial charge in [-0.2, -0.15) is 0 Å². The minimum absolute atomic E-state index is 0. The van der Waals surface area contributed by atoms with Crippen LogP contribution in [0.25, 0.3) is 0 Å². The van der Waals surface area contributed by atoms with Crippen LogP contribution in [-0.2, 0) is 11.3 Å². The molecule has 0 saturated carbocycles. The van der Waals surface area contributed by atoms with Crippen molar-refractivity contribution in [2.24, 2.45) is 10.9 Å². The van der Waals surface area contributed by atoms with Crippen molar-refractivity contribution >= 4 is 29.9 Å². The summed E-state index contributed by atoms with van der Waals surface area (Å²) >= 11 is 0. The second kappa shape index (κ2) is 11.5. The summed E-state index contributed by atoms with van der Waals surface area (Å²) < 4.78 is 11.5. The average Bonchev–Trinajstić information content (AvgIpc) is 3.07. The number of halogens is 1.